The van der Waals surface area contributed by atoms with Crippen LogP contribution in [0.15, 0.2) is 108 Å². The Morgan fingerprint density at radius 2 is 1.49 bits per heavy atom. The van der Waals surface area contributed by atoms with Gasteiger partial charge in [-0.1, -0.05) is 79.4 Å². The summed E-state index contributed by atoms with van der Waals surface area (Å²) in [5, 5.41) is 3.68. The lowest BCUT2D eigenvalue weighted by Crippen LogP contribution is -2.53. The molecule has 0 unspecified atom stereocenters. The third kappa shape index (κ3) is 8.73. The first-order valence-corrected chi connectivity index (χ1v) is 17.7. The minimum Gasteiger partial charge on any atom is -0.457 e. The van der Waals surface area contributed by atoms with Crippen molar-refractivity contribution in [2.75, 3.05) is 10.8 Å². The summed E-state index contributed by atoms with van der Waals surface area (Å²) >= 11 is 6.13. The van der Waals surface area contributed by atoms with Gasteiger partial charge >= 0.3 is 0 Å². The number of aryl methyl sites for hydroxylation is 1. The molecule has 2 amide bonds. The molecule has 5 rings (SSSR count). The molecule has 10 heteroatoms. The van der Waals surface area contributed by atoms with Gasteiger partial charge < -0.3 is 15.0 Å². The molecule has 1 N–H and O–H groups in total. The van der Waals surface area contributed by atoms with Gasteiger partial charge in [0, 0.05) is 17.6 Å². The van der Waals surface area contributed by atoms with Gasteiger partial charge in [0.2, 0.25) is 11.8 Å². The lowest BCUT2D eigenvalue weighted by molar-refractivity contribution is -0.140. The number of sulfonamides is 1. The highest BCUT2D eigenvalue weighted by molar-refractivity contribution is 7.92. The van der Waals surface area contributed by atoms with Crippen LogP contribution in [-0.4, -0.2) is 43.8 Å². The van der Waals surface area contributed by atoms with Crippen LogP contribution in [0.25, 0.3) is 0 Å². The number of para-hydroxylation sites is 1. The van der Waals surface area contributed by atoms with E-state index in [1.807, 2.05) is 44.2 Å². The first kappa shape index (κ1) is 34.0. The van der Waals surface area contributed by atoms with Gasteiger partial charge in [0.1, 0.15) is 24.1 Å². The normalized spacial score (nSPS) is 13.9. The zero-order valence-electron chi connectivity index (χ0n) is 26.6. The molecule has 0 aliphatic heterocycles. The van der Waals surface area contributed by atoms with Crippen molar-refractivity contribution in [1.82, 2.24) is 10.2 Å². The summed E-state index contributed by atoms with van der Waals surface area (Å²) in [6, 6.07) is 28.6. The van der Waals surface area contributed by atoms with E-state index in [9.17, 15) is 18.0 Å². The molecule has 4 aromatic rings. The summed E-state index contributed by atoms with van der Waals surface area (Å²) in [4.78, 5) is 29.5. The number of hydrogen-bond donors (Lipinski definition) is 1. The molecule has 0 bridgehead atoms. The Labute approximate surface area is 282 Å². The molecule has 1 fully saturated rings. The number of rotatable bonds is 13. The molecular formula is C37H40ClN3O5S. The third-order valence-corrected chi connectivity index (χ3v) is 10.4. The van der Waals surface area contributed by atoms with E-state index in [0.29, 0.717) is 22.9 Å². The van der Waals surface area contributed by atoms with E-state index in [0.717, 1.165) is 41.1 Å². The van der Waals surface area contributed by atoms with Crippen molar-refractivity contribution in [2.24, 2.45) is 0 Å². The van der Waals surface area contributed by atoms with Crippen molar-refractivity contribution in [3.8, 4) is 11.5 Å². The first-order valence-electron chi connectivity index (χ1n) is 15.9. The van der Waals surface area contributed by atoms with E-state index in [1.165, 1.54) is 17.0 Å². The van der Waals surface area contributed by atoms with Crippen molar-refractivity contribution in [3.63, 3.8) is 0 Å². The zero-order chi connectivity index (χ0) is 33.4. The van der Waals surface area contributed by atoms with E-state index in [4.69, 9.17) is 16.3 Å². The minimum atomic E-state index is -4.19. The van der Waals surface area contributed by atoms with Crippen LogP contribution in [-0.2, 0) is 26.2 Å². The number of benzene rings is 4. The van der Waals surface area contributed by atoms with Crippen LogP contribution >= 0.6 is 11.6 Å². The summed E-state index contributed by atoms with van der Waals surface area (Å²) in [6.07, 6.45) is 4.26. The Bertz CT molecular complexity index is 1740. The predicted octanol–water partition coefficient (Wildman–Crippen LogP) is 7.50. The van der Waals surface area contributed by atoms with Gasteiger partial charge in [-0.2, -0.15) is 0 Å². The van der Waals surface area contributed by atoms with Crippen LogP contribution in [0.1, 0.15) is 50.2 Å². The van der Waals surface area contributed by atoms with E-state index < -0.39 is 28.5 Å². The number of carbonyl (C=O) groups is 2. The van der Waals surface area contributed by atoms with Crippen LogP contribution in [0.5, 0.6) is 11.5 Å². The molecule has 1 atom stereocenters. The summed E-state index contributed by atoms with van der Waals surface area (Å²) in [7, 11) is -4.19. The molecule has 47 heavy (non-hydrogen) atoms. The van der Waals surface area contributed by atoms with Crippen molar-refractivity contribution >= 4 is 39.1 Å². The second-order valence-corrected chi connectivity index (χ2v) is 14.1. The number of carbonyl (C=O) groups excluding carboxylic acids is 2. The molecule has 1 aliphatic rings. The maximum absolute atomic E-state index is 14.4. The zero-order valence-corrected chi connectivity index (χ0v) is 28.2. The predicted molar refractivity (Wildman–Crippen MR) is 185 cm³/mol. The lowest BCUT2D eigenvalue weighted by Gasteiger charge is -2.33. The highest BCUT2D eigenvalue weighted by Gasteiger charge is 2.34. The van der Waals surface area contributed by atoms with Gasteiger partial charge in [-0.05, 0) is 92.4 Å². The van der Waals surface area contributed by atoms with Crippen LogP contribution in [0, 0.1) is 6.92 Å². The lowest BCUT2D eigenvalue weighted by atomic mass is 10.1. The second kappa shape index (κ2) is 15.5. The van der Waals surface area contributed by atoms with Gasteiger partial charge in [0.05, 0.1) is 10.6 Å². The summed E-state index contributed by atoms with van der Waals surface area (Å²) < 4.78 is 35.4. The van der Waals surface area contributed by atoms with Gasteiger partial charge in [-0.3, -0.25) is 13.9 Å². The summed E-state index contributed by atoms with van der Waals surface area (Å²) in [5.74, 6) is 0.405. The Morgan fingerprint density at radius 3 is 2.11 bits per heavy atom. The Morgan fingerprint density at radius 1 is 0.872 bits per heavy atom. The molecule has 1 aliphatic carbocycles. The molecule has 0 saturated heterocycles. The molecule has 0 spiro atoms. The Balaban J connectivity index is 1.49. The average Bonchev–Trinajstić information content (AvgIpc) is 3.58. The highest BCUT2D eigenvalue weighted by Crippen LogP contribution is 2.29. The molecule has 0 heterocycles. The molecule has 4 aromatic carbocycles. The summed E-state index contributed by atoms with van der Waals surface area (Å²) in [5.41, 5.74) is 1.96. The average molecular weight is 674 g/mol. The smallest absolute Gasteiger partial charge is 0.264 e. The van der Waals surface area contributed by atoms with E-state index in [2.05, 4.69) is 5.32 Å². The monoisotopic (exact) mass is 673 g/mol. The number of amides is 2. The fourth-order valence-corrected chi connectivity index (χ4v) is 7.28. The van der Waals surface area contributed by atoms with Crippen molar-refractivity contribution in [2.45, 2.75) is 69.5 Å². The minimum absolute atomic E-state index is 0.0516. The fourth-order valence-electron chi connectivity index (χ4n) is 5.74. The Kier molecular flexibility index (Phi) is 11.2. The van der Waals surface area contributed by atoms with E-state index in [-0.39, 0.29) is 29.1 Å². The molecule has 1 saturated carbocycles. The molecular weight excluding hydrogens is 634 g/mol. The van der Waals surface area contributed by atoms with Gasteiger partial charge in [0.25, 0.3) is 10.0 Å². The number of halogens is 1. The topological polar surface area (TPSA) is 96.0 Å². The molecule has 0 aromatic heterocycles. The highest BCUT2D eigenvalue weighted by atomic mass is 35.5. The number of ether oxygens (including phenoxy) is 1. The Hall–Kier alpha value is -4.34. The van der Waals surface area contributed by atoms with Crippen LogP contribution in [0.4, 0.5) is 5.69 Å². The largest absolute Gasteiger partial charge is 0.457 e. The van der Waals surface area contributed by atoms with Crippen molar-refractivity contribution < 1.29 is 22.7 Å². The van der Waals surface area contributed by atoms with Crippen molar-refractivity contribution in [1.29, 1.82) is 0 Å². The second-order valence-electron chi connectivity index (χ2n) is 11.8. The van der Waals surface area contributed by atoms with Crippen LogP contribution in [0.2, 0.25) is 5.02 Å². The van der Waals surface area contributed by atoms with Gasteiger partial charge in [-0.25, -0.2) is 8.42 Å². The SMILES string of the molecule is CC[C@H](C(=O)NC1CCCC1)N(Cc1ccc(Cl)cc1)C(=O)CN(c1ccc(Oc2ccccc2)cc1)S(=O)(=O)c1ccc(C)cc1. The number of anilines is 1. The molecule has 8 nitrogen and oxygen atoms in total. The third-order valence-electron chi connectivity index (χ3n) is 8.35. The van der Waals surface area contributed by atoms with E-state index in [1.54, 1.807) is 60.7 Å². The van der Waals surface area contributed by atoms with Crippen molar-refractivity contribution in [3.05, 3.63) is 119 Å². The summed E-state index contributed by atoms with van der Waals surface area (Å²) in [6.45, 7) is 3.32. The number of nitrogens with one attached hydrogen (secondary N) is 1. The quantitative estimate of drug-likeness (QED) is 0.159. The van der Waals surface area contributed by atoms with Gasteiger partial charge in [-0.15, -0.1) is 0 Å². The van der Waals surface area contributed by atoms with Crippen LogP contribution < -0.4 is 14.4 Å². The molecule has 246 valence electrons. The number of nitrogens with zero attached hydrogens (tertiary/aromatic N) is 2. The fraction of sp³-hybridized carbons (Fsp3) is 0.297. The standard InChI is InChI=1S/C37H40ClN3O5S/c1-3-35(37(43)39-30-9-7-8-10-30)40(25-28-15-17-29(38)18-16-28)36(42)26-41(47(44,45)34-23-13-27(2)14-24-34)31-19-21-33(22-20-31)46-32-11-5-4-6-12-32/h4-6,11-24,30,35H,3,7-10,25-26H2,1-2H3,(H,39,43)/t35-/m1/s1. The number of hydrogen-bond acceptors (Lipinski definition) is 5. The van der Waals surface area contributed by atoms with Gasteiger partial charge in [0.15, 0.2) is 0 Å². The molecule has 0 radical (unpaired) electrons. The maximum Gasteiger partial charge on any atom is 0.264 e. The maximum atomic E-state index is 14.4. The van der Waals surface area contributed by atoms with E-state index >= 15 is 0 Å². The van der Waals surface area contributed by atoms with Crippen LogP contribution in [0.3, 0.4) is 0 Å². The first-order chi connectivity index (χ1) is 22.6.